The molecule has 2 heterocycles. The molecule has 2 aromatic carbocycles. The van der Waals surface area contributed by atoms with Crippen LogP contribution in [0.2, 0.25) is 0 Å². The highest BCUT2D eigenvalue weighted by Crippen LogP contribution is 2.55. The van der Waals surface area contributed by atoms with Crippen molar-refractivity contribution in [2.24, 2.45) is 11.8 Å². The fraction of sp³-hybridized carbons (Fsp3) is 0.381. The molecule has 29 heavy (non-hydrogen) atoms. The van der Waals surface area contributed by atoms with E-state index in [0.717, 1.165) is 5.56 Å². The van der Waals surface area contributed by atoms with Crippen LogP contribution in [0.3, 0.4) is 0 Å². The smallest absolute Gasteiger partial charge is 0.310 e. The third kappa shape index (κ3) is 2.52. The summed E-state index contributed by atoms with van der Waals surface area (Å²) in [5.41, 5.74) is 2.12. The summed E-state index contributed by atoms with van der Waals surface area (Å²) in [7, 11) is 2.89. The second-order valence-electron chi connectivity index (χ2n) is 7.35. The van der Waals surface area contributed by atoms with Crippen molar-refractivity contribution < 1.29 is 38.7 Å². The van der Waals surface area contributed by atoms with E-state index in [4.69, 9.17) is 23.7 Å². The van der Waals surface area contributed by atoms with E-state index in [1.807, 2.05) is 0 Å². The third-order valence-electron chi connectivity index (χ3n) is 6.01. The standard InChI is InChI=1S/C21H20O8/c1-25-15-3-9(4-16(26-2)20(15)23)17-10-5-13-14(29-8-28-13)6-11(10)19(22)12-7-27-21(24)18(12)17/h3-6,12,17-19,22-23H,7-8H2,1-2H3/t12?,17-,18+,19+/m0/s1. The fourth-order valence-corrected chi connectivity index (χ4v) is 4.63. The second kappa shape index (κ2) is 6.45. The van der Waals surface area contributed by atoms with Gasteiger partial charge in [0, 0.05) is 11.8 Å². The highest BCUT2D eigenvalue weighted by molar-refractivity contribution is 5.79. The monoisotopic (exact) mass is 400 g/mol. The number of phenols is 1. The Labute approximate surface area is 166 Å². The number of cyclic esters (lactones) is 1. The van der Waals surface area contributed by atoms with Crippen molar-refractivity contribution in [2.45, 2.75) is 12.0 Å². The zero-order valence-corrected chi connectivity index (χ0v) is 15.9. The summed E-state index contributed by atoms with van der Waals surface area (Å²) < 4.78 is 26.9. The lowest BCUT2D eigenvalue weighted by atomic mass is 9.66. The predicted octanol–water partition coefficient (Wildman–Crippen LogP) is 2.11. The molecule has 3 aliphatic rings. The summed E-state index contributed by atoms with van der Waals surface area (Å²) in [5.74, 6) is -0.324. The zero-order valence-electron chi connectivity index (χ0n) is 15.9. The molecular weight excluding hydrogens is 380 g/mol. The Morgan fingerprint density at radius 2 is 1.59 bits per heavy atom. The summed E-state index contributed by atoms with van der Waals surface area (Å²) in [6.07, 6.45) is -0.867. The van der Waals surface area contributed by atoms with E-state index < -0.39 is 23.9 Å². The molecule has 8 heteroatoms. The minimum atomic E-state index is -0.867. The van der Waals surface area contributed by atoms with Crippen LogP contribution in [0.4, 0.5) is 0 Å². The molecular formula is C21H20O8. The molecule has 2 aliphatic heterocycles. The van der Waals surface area contributed by atoms with Gasteiger partial charge in [-0.3, -0.25) is 4.79 Å². The Kier molecular flexibility index (Phi) is 3.99. The number of aliphatic hydroxyl groups is 1. The number of aromatic hydroxyl groups is 1. The summed E-state index contributed by atoms with van der Waals surface area (Å²) in [4.78, 5) is 12.7. The van der Waals surface area contributed by atoms with Crippen LogP contribution in [0, 0.1) is 11.8 Å². The van der Waals surface area contributed by atoms with Crippen molar-refractivity contribution in [1.82, 2.24) is 0 Å². The lowest BCUT2D eigenvalue weighted by molar-refractivity contribution is -0.141. The molecule has 1 saturated heterocycles. The molecule has 4 atom stereocenters. The van der Waals surface area contributed by atoms with E-state index in [1.165, 1.54) is 14.2 Å². The molecule has 152 valence electrons. The first kappa shape index (κ1) is 17.9. The van der Waals surface area contributed by atoms with Gasteiger partial charge in [-0.2, -0.15) is 0 Å². The van der Waals surface area contributed by atoms with Gasteiger partial charge in [-0.25, -0.2) is 0 Å². The molecule has 0 aromatic heterocycles. The number of hydrogen-bond acceptors (Lipinski definition) is 8. The number of ether oxygens (including phenoxy) is 5. The Balaban J connectivity index is 1.75. The van der Waals surface area contributed by atoms with Crippen LogP contribution in [-0.4, -0.2) is 43.8 Å². The second-order valence-corrected chi connectivity index (χ2v) is 7.35. The van der Waals surface area contributed by atoms with E-state index >= 15 is 0 Å². The van der Waals surface area contributed by atoms with Gasteiger partial charge >= 0.3 is 5.97 Å². The lowest BCUT2D eigenvalue weighted by Crippen LogP contribution is -2.34. The first-order chi connectivity index (χ1) is 14.0. The van der Waals surface area contributed by atoms with Crippen molar-refractivity contribution in [3.05, 3.63) is 41.0 Å². The van der Waals surface area contributed by atoms with E-state index in [2.05, 4.69) is 0 Å². The zero-order chi connectivity index (χ0) is 20.3. The number of methoxy groups -OCH3 is 2. The molecule has 2 aromatic rings. The molecule has 1 unspecified atom stereocenters. The van der Waals surface area contributed by atoms with Gasteiger partial charge in [-0.05, 0) is 41.0 Å². The summed E-state index contributed by atoms with van der Waals surface area (Å²) >= 11 is 0. The Morgan fingerprint density at radius 1 is 0.966 bits per heavy atom. The van der Waals surface area contributed by atoms with E-state index in [1.54, 1.807) is 24.3 Å². The van der Waals surface area contributed by atoms with Gasteiger partial charge in [-0.15, -0.1) is 0 Å². The maximum atomic E-state index is 12.7. The number of hydrogen-bond donors (Lipinski definition) is 2. The highest BCUT2D eigenvalue weighted by Gasteiger charge is 2.52. The van der Waals surface area contributed by atoms with Gasteiger partial charge in [0.05, 0.1) is 32.8 Å². The molecule has 0 spiro atoms. The molecule has 1 fully saturated rings. The first-order valence-electron chi connectivity index (χ1n) is 9.26. The quantitative estimate of drug-likeness (QED) is 0.755. The largest absolute Gasteiger partial charge is 0.502 e. The van der Waals surface area contributed by atoms with Crippen LogP contribution >= 0.6 is 0 Å². The minimum absolute atomic E-state index is 0.106. The van der Waals surface area contributed by atoms with E-state index in [9.17, 15) is 15.0 Å². The van der Waals surface area contributed by atoms with Gasteiger partial charge in [0.1, 0.15) is 0 Å². The van der Waals surface area contributed by atoms with E-state index in [0.29, 0.717) is 22.6 Å². The van der Waals surface area contributed by atoms with E-state index in [-0.39, 0.29) is 36.6 Å². The summed E-state index contributed by atoms with van der Waals surface area (Å²) in [5, 5.41) is 21.3. The van der Waals surface area contributed by atoms with Gasteiger partial charge in [-0.1, -0.05) is 0 Å². The number of esters is 1. The average Bonchev–Trinajstić information content (AvgIpc) is 3.34. The predicted molar refractivity (Wildman–Crippen MR) is 98.5 cm³/mol. The number of fused-ring (bicyclic) bond motifs is 3. The average molecular weight is 400 g/mol. The van der Waals surface area contributed by atoms with Crippen LogP contribution < -0.4 is 18.9 Å². The van der Waals surface area contributed by atoms with Gasteiger partial charge in [0.15, 0.2) is 23.0 Å². The molecule has 0 amide bonds. The van der Waals surface area contributed by atoms with Crippen LogP contribution in [0.25, 0.3) is 0 Å². The molecule has 0 radical (unpaired) electrons. The lowest BCUT2D eigenvalue weighted by Gasteiger charge is -2.37. The third-order valence-corrected chi connectivity index (χ3v) is 6.01. The van der Waals surface area contributed by atoms with Gasteiger partial charge in [0.2, 0.25) is 12.5 Å². The summed E-state index contributed by atoms with van der Waals surface area (Å²) in [6.45, 7) is 0.246. The number of aliphatic hydroxyl groups excluding tert-OH is 1. The van der Waals surface area contributed by atoms with Crippen molar-refractivity contribution in [3.63, 3.8) is 0 Å². The topological polar surface area (TPSA) is 104 Å². The van der Waals surface area contributed by atoms with Crippen molar-refractivity contribution >= 4 is 5.97 Å². The maximum Gasteiger partial charge on any atom is 0.310 e. The Bertz CT molecular complexity index is 975. The number of carbonyl (C=O) groups excluding carboxylic acids is 1. The van der Waals surface area contributed by atoms with Gasteiger partial charge in [0.25, 0.3) is 0 Å². The molecule has 2 N–H and O–H groups in total. The maximum absolute atomic E-state index is 12.7. The van der Waals surface area contributed by atoms with Crippen molar-refractivity contribution in [2.75, 3.05) is 27.6 Å². The number of carbonyl (C=O) groups is 1. The Hall–Kier alpha value is -3.13. The molecule has 0 bridgehead atoms. The molecule has 8 nitrogen and oxygen atoms in total. The fourth-order valence-electron chi connectivity index (χ4n) is 4.63. The SMILES string of the molecule is COc1cc([C@H]2c3cc4c(cc3[C@@H](O)C3COC(=O)[C@H]32)OCO4)cc(OC)c1O. The van der Waals surface area contributed by atoms with Crippen LogP contribution in [0.5, 0.6) is 28.7 Å². The molecule has 5 rings (SSSR count). The number of phenolic OH excluding ortho intramolecular Hbond substituents is 1. The summed E-state index contributed by atoms with van der Waals surface area (Å²) in [6, 6.07) is 6.93. The van der Waals surface area contributed by atoms with Crippen LogP contribution in [0.1, 0.15) is 28.7 Å². The first-order valence-corrected chi connectivity index (χ1v) is 9.26. The number of benzene rings is 2. The Morgan fingerprint density at radius 3 is 2.21 bits per heavy atom. The molecule has 1 aliphatic carbocycles. The normalized spacial score (nSPS) is 26.5. The highest BCUT2D eigenvalue weighted by atomic mass is 16.7. The van der Waals surface area contributed by atoms with Crippen LogP contribution in [0.15, 0.2) is 24.3 Å². The molecule has 0 saturated carbocycles. The van der Waals surface area contributed by atoms with Crippen molar-refractivity contribution in [1.29, 1.82) is 0 Å². The minimum Gasteiger partial charge on any atom is -0.502 e. The number of rotatable bonds is 3. The van der Waals surface area contributed by atoms with Crippen molar-refractivity contribution in [3.8, 4) is 28.7 Å². The van der Waals surface area contributed by atoms with Crippen LogP contribution in [-0.2, 0) is 9.53 Å². The van der Waals surface area contributed by atoms with Gasteiger partial charge < -0.3 is 33.9 Å².